The fourth-order valence-electron chi connectivity index (χ4n) is 2.09. The third-order valence-electron chi connectivity index (χ3n) is 2.98. The number of benzene rings is 1. The number of hydrogen-bond acceptors (Lipinski definition) is 3. The number of thioether (sulfide) groups is 1. The largest absolute Gasteiger partial charge is 0.391 e. The maximum absolute atomic E-state index is 12.0. The Balaban J connectivity index is 1.92. The summed E-state index contributed by atoms with van der Waals surface area (Å²) in [5.74, 6) is 0. The fraction of sp³-hybridized carbons (Fsp3) is 0.533. The van der Waals surface area contributed by atoms with Crippen molar-refractivity contribution in [1.82, 2.24) is 4.90 Å². The van der Waals surface area contributed by atoms with Crippen molar-refractivity contribution in [1.29, 1.82) is 0 Å². The molecule has 5 heteroatoms. The molecule has 20 heavy (non-hydrogen) atoms. The summed E-state index contributed by atoms with van der Waals surface area (Å²) in [5.41, 5.74) is 0.787. The van der Waals surface area contributed by atoms with Crippen molar-refractivity contribution >= 4 is 23.5 Å². The van der Waals surface area contributed by atoms with E-state index in [4.69, 9.17) is 0 Å². The molecule has 1 aromatic carbocycles. The molecule has 1 aliphatic heterocycles. The third kappa shape index (κ3) is 4.42. The van der Waals surface area contributed by atoms with Crippen molar-refractivity contribution in [2.24, 2.45) is 0 Å². The van der Waals surface area contributed by atoms with Gasteiger partial charge in [-0.2, -0.15) is 0 Å². The average molecular weight is 294 g/mol. The molecule has 4 nitrogen and oxygen atoms in total. The van der Waals surface area contributed by atoms with Crippen molar-refractivity contribution in [3.63, 3.8) is 0 Å². The van der Waals surface area contributed by atoms with Crippen LogP contribution in [0.25, 0.3) is 0 Å². The molecule has 2 rings (SSSR count). The standard InChI is InChI=1S/C15H22N2O2S/c1-15(2,3)20-13-6-4-11(5-7-13)16-14(19)17-9-8-12(18)10-17/h4-7,12,18H,8-10H2,1-3H3,(H,16,19)/t12-/m0/s1. The highest BCUT2D eigenvalue weighted by Crippen LogP contribution is 2.32. The lowest BCUT2D eigenvalue weighted by molar-refractivity contribution is 0.176. The lowest BCUT2D eigenvalue weighted by atomic mass is 10.3. The van der Waals surface area contributed by atoms with E-state index in [9.17, 15) is 9.90 Å². The Labute approximate surface area is 124 Å². The predicted octanol–water partition coefficient (Wildman–Crippen LogP) is 3.18. The molecule has 0 bridgehead atoms. The van der Waals surface area contributed by atoms with Crippen LogP contribution in [0.1, 0.15) is 27.2 Å². The van der Waals surface area contributed by atoms with E-state index < -0.39 is 0 Å². The Morgan fingerprint density at radius 2 is 2.00 bits per heavy atom. The molecule has 110 valence electrons. The maximum atomic E-state index is 12.0. The van der Waals surface area contributed by atoms with Crippen LogP contribution in [-0.4, -0.2) is 40.0 Å². The van der Waals surface area contributed by atoms with Crippen LogP contribution in [0.3, 0.4) is 0 Å². The summed E-state index contributed by atoms with van der Waals surface area (Å²) in [6.07, 6.45) is 0.278. The third-order valence-corrected chi connectivity index (χ3v) is 4.10. The zero-order valence-electron chi connectivity index (χ0n) is 12.2. The minimum Gasteiger partial charge on any atom is -0.391 e. The Morgan fingerprint density at radius 3 is 2.50 bits per heavy atom. The molecule has 0 aromatic heterocycles. The topological polar surface area (TPSA) is 52.6 Å². The summed E-state index contributed by atoms with van der Waals surface area (Å²) in [7, 11) is 0. The SMILES string of the molecule is CC(C)(C)Sc1ccc(NC(=O)N2CC[C@H](O)C2)cc1. The highest BCUT2D eigenvalue weighted by atomic mass is 32.2. The quantitative estimate of drug-likeness (QED) is 0.824. The van der Waals surface area contributed by atoms with Crippen molar-refractivity contribution in [2.45, 2.75) is 42.9 Å². The number of nitrogens with one attached hydrogen (secondary N) is 1. The van der Waals surface area contributed by atoms with Crippen LogP contribution < -0.4 is 5.32 Å². The summed E-state index contributed by atoms with van der Waals surface area (Å²) in [6.45, 7) is 7.55. The average Bonchev–Trinajstić information content (AvgIpc) is 2.77. The Kier molecular flexibility index (Phi) is 4.60. The second kappa shape index (κ2) is 6.06. The van der Waals surface area contributed by atoms with Crippen molar-refractivity contribution < 1.29 is 9.90 Å². The molecule has 0 radical (unpaired) electrons. The van der Waals surface area contributed by atoms with Crippen LogP contribution >= 0.6 is 11.8 Å². The van der Waals surface area contributed by atoms with E-state index in [1.807, 2.05) is 24.3 Å². The second-order valence-electron chi connectivity index (χ2n) is 6.06. The minimum atomic E-state index is -0.383. The van der Waals surface area contributed by atoms with E-state index in [0.29, 0.717) is 19.5 Å². The van der Waals surface area contributed by atoms with Gasteiger partial charge in [-0.15, -0.1) is 11.8 Å². The zero-order valence-corrected chi connectivity index (χ0v) is 13.0. The Morgan fingerprint density at radius 1 is 1.35 bits per heavy atom. The number of hydrogen-bond donors (Lipinski definition) is 2. The van der Waals surface area contributed by atoms with E-state index in [1.165, 1.54) is 4.90 Å². The number of carbonyl (C=O) groups excluding carboxylic acids is 1. The van der Waals surface area contributed by atoms with Gasteiger partial charge in [-0.25, -0.2) is 4.79 Å². The van der Waals surface area contributed by atoms with Crippen molar-refractivity contribution in [3.05, 3.63) is 24.3 Å². The van der Waals surface area contributed by atoms with E-state index in [2.05, 4.69) is 26.1 Å². The van der Waals surface area contributed by atoms with Crippen molar-refractivity contribution in [3.8, 4) is 0 Å². The summed E-state index contributed by atoms with van der Waals surface area (Å²) < 4.78 is 0.177. The van der Waals surface area contributed by atoms with Gasteiger partial charge in [0, 0.05) is 28.4 Å². The van der Waals surface area contributed by atoms with Gasteiger partial charge < -0.3 is 15.3 Å². The highest BCUT2D eigenvalue weighted by Gasteiger charge is 2.24. The van der Waals surface area contributed by atoms with Crippen molar-refractivity contribution in [2.75, 3.05) is 18.4 Å². The summed E-state index contributed by atoms with van der Waals surface area (Å²) in [5, 5.41) is 12.3. The smallest absolute Gasteiger partial charge is 0.321 e. The summed E-state index contributed by atoms with van der Waals surface area (Å²) in [4.78, 5) is 14.8. The van der Waals surface area contributed by atoms with Crippen LogP contribution in [-0.2, 0) is 0 Å². The normalized spacial score (nSPS) is 19.2. The van der Waals surface area contributed by atoms with Gasteiger partial charge in [0.15, 0.2) is 0 Å². The molecule has 1 saturated heterocycles. The molecule has 0 saturated carbocycles. The number of urea groups is 1. The fourth-order valence-corrected chi connectivity index (χ4v) is 3.07. The monoisotopic (exact) mass is 294 g/mol. The van der Waals surface area contributed by atoms with Gasteiger partial charge in [0.1, 0.15) is 0 Å². The van der Waals surface area contributed by atoms with E-state index in [0.717, 1.165) is 5.69 Å². The number of anilines is 1. The molecule has 1 aliphatic rings. The molecular formula is C15H22N2O2S. The first-order valence-electron chi connectivity index (χ1n) is 6.86. The lowest BCUT2D eigenvalue weighted by Crippen LogP contribution is -2.33. The first-order chi connectivity index (χ1) is 9.33. The molecule has 0 spiro atoms. The van der Waals surface area contributed by atoms with Crippen LogP contribution in [0, 0.1) is 0 Å². The molecule has 1 aromatic rings. The van der Waals surface area contributed by atoms with Crippen LogP contribution in [0.2, 0.25) is 0 Å². The van der Waals surface area contributed by atoms with Gasteiger partial charge in [-0.05, 0) is 30.7 Å². The molecule has 1 heterocycles. The van der Waals surface area contributed by atoms with E-state index in [-0.39, 0.29) is 16.9 Å². The first-order valence-corrected chi connectivity index (χ1v) is 7.68. The number of carbonyl (C=O) groups is 1. The molecule has 0 unspecified atom stereocenters. The van der Waals surface area contributed by atoms with Gasteiger partial charge in [0.25, 0.3) is 0 Å². The molecule has 0 aliphatic carbocycles. The number of aliphatic hydroxyl groups is 1. The highest BCUT2D eigenvalue weighted by molar-refractivity contribution is 8.00. The van der Waals surface area contributed by atoms with Gasteiger partial charge in [-0.1, -0.05) is 20.8 Å². The Bertz CT molecular complexity index is 468. The zero-order chi connectivity index (χ0) is 14.8. The number of rotatable bonds is 2. The minimum absolute atomic E-state index is 0.141. The summed E-state index contributed by atoms with van der Waals surface area (Å²) >= 11 is 1.80. The number of nitrogens with zero attached hydrogens (tertiary/aromatic N) is 1. The Hall–Kier alpha value is -1.20. The van der Waals surface area contributed by atoms with Gasteiger partial charge in [0.2, 0.25) is 0 Å². The molecular weight excluding hydrogens is 272 g/mol. The molecule has 2 amide bonds. The van der Waals surface area contributed by atoms with Crippen LogP contribution in [0.5, 0.6) is 0 Å². The summed E-state index contributed by atoms with van der Waals surface area (Å²) in [6, 6.07) is 7.73. The van der Waals surface area contributed by atoms with Crippen LogP contribution in [0.4, 0.5) is 10.5 Å². The van der Waals surface area contributed by atoms with E-state index >= 15 is 0 Å². The van der Waals surface area contributed by atoms with Gasteiger partial charge >= 0.3 is 6.03 Å². The number of aliphatic hydroxyl groups excluding tert-OH is 1. The molecule has 2 N–H and O–H groups in total. The first kappa shape index (κ1) is 15.2. The molecule has 1 fully saturated rings. The van der Waals surface area contributed by atoms with Crippen LogP contribution in [0.15, 0.2) is 29.2 Å². The second-order valence-corrected chi connectivity index (χ2v) is 7.96. The predicted molar refractivity (Wildman–Crippen MR) is 83.3 cm³/mol. The number of likely N-dealkylation sites (tertiary alicyclic amines) is 1. The molecule has 1 atom stereocenters. The number of β-amino-alcohol motifs (C(OH)–C–C–N with tert-alkyl or cyclic N) is 1. The van der Waals surface area contributed by atoms with Gasteiger partial charge in [-0.3, -0.25) is 0 Å². The van der Waals surface area contributed by atoms with E-state index in [1.54, 1.807) is 16.7 Å². The maximum Gasteiger partial charge on any atom is 0.321 e. The van der Waals surface area contributed by atoms with Gasteiger partial charge in [0.05, 0.1) is 6.10 Å². The lowest BCUT2D eigenvalue weighted by Gasteiger charge is -2.18. The number of amides is 2.